The summed E-state index contributed by atoms with van der Waals surface area (Å²) in [6.45, 7) is 11.1. The zero-order valence-corrected chi connectivity index (χ0v) is 12.5. The Hall–Kier alpha value is -0.830. The van der Waals surface area contributed by atoms with Crippen LogP contribution in [0, 0.1) is 18.3 Å². The molecule has 18 heavy (non-hydrogen) atoms. The molecule has 0 atom stereocenters. The number of rotatable bonds is 1. The van der Waals surface area contributed by atoms with Crippen LogP contribution in [0.3, 0.4) is 0 Å². The highest BCUT2D eigenvalue weighted by Crippen LogP contribution is 2.35. The second-order valence-electron chi connectivity index (χ2n) is 6.26. The van der Waals surface area contributed by atoms with Gasteiger partial charge in [-0.15, -0.1) is 0 Å². The van der Waals surface area contributed by atoms with Crippen LogP contribution >= 0.6 is 11.6 Å². The van der Waals surface area contributed by atoms with E-state index in [1.807, 2.05) is 13.0 Å². The van der Waals surface area contributed by atoms with Crippen LogP contribution in [0.5, 0.6) is 0 Å². The van der Waals surface area contributed by atoms with E-state index in [0.29, 0.717) is 10.7 Å². The summed E-state index contributed by atoms with van der Waals surface area (Å²) in [5, 5.41) is 0.350. The lowest BCUT2D eigenvalue weighted by atomic mass is 9.75. The highest BCUT2D eigenvalue weighted by Gasteiger charge is 2.29. The van der Waals surface area contributed by atoms with Gasteiger partial charge in [0.15, 0.2) is 0 Å². The van der Waals surface area contributed by atoms with Crippen LogP contribution in [0.15, 0.2) is 6.07 Å². The summed E-state index contributed by atoms with van der Waals surface area (Å²) in [4.78, 5) is 10.8. The smallest absolute Gasteiger partial charge is 0.224 e. The molecule has 0 saturated carbocycles. The molecule has 2 heterocycles. The third-order valence-electron chi connectivity index (χ3n) is 3.86. The lowest BCUT2D eigenvalue weighted by Gasteiger charge is -2.39. The molecule has 1 aliphatic rings. The maximum Gasteiger partial charge on any atom is 0.224 e. The summed E-state index contributed by atoms with van der Waals surface area (Å²) in [6.07, 6.45) is 2.45. The fourth-order valence-corrected chi connectivity index (χ4v) is 2.87. The van der Waals surface area contributed by atoms with Gasteiger partial charge in [0, 0.05) is 24.8 Å². The van der Waals surface area contributed by atoms with Gasteiger partial charge in [0.05, 0.1) is 0 Å². The van der Waals surface area contributed by atoms with Crippen molar-refractivity contribution in [2.24, 2.45) is 11.3 Å². The lowest BCUT2D eigenvalue weighted by molar-refractivity contribution is 0.198. The van der Waals surface area contributed by atoms with Crippen molar-refractivity contribution in [3.8, 4) is 0 Å². The molecular formula is C14H22ClN3. The number of aryl methyl sites for hydroxylation is 1. The second-order valence-corrected chi connectivity index (χ2v) is 6.60. The second kappa shape index (κ2) is 5.04. The Labute approximate surface area is 115 Å². The van der Waals surface area contributed by atoms with Crippen LogP contribution in [0.2, 0.25) is 5.28 Å². The van der Waals surface area contributed by atoms with Crippen molar-refractivity contribution in [1.82, 2.24) is 9.97 Å². The van der Waals surface area contributed by atoms with Crippen LogP contribution in [0.4, 0.5) is 5.82 Å². The molecule has 0 unspecified atom stereocenters. The largest absolute Gasteiger partial charge is 0.356 e. The Morgan fingerprint density at radius 3 is 2.33 bits per heavy atom. The van der Waals surface area contributed by atoms with Crippen molar-refractivity contribution in [3.63, 3.8) is 0 Å². The summed E-state index contributed by atoms with van der Waals surface area (Å²) in [5.74, 6) is 1.77. The molecule has 3 nitrogen and oxygen atoms in total. The normalized spacial score (nSPS) is 18.2. The minimum atomic E-state index is 0.350. The minimum Gasteiger partial charge on any atom is -0.356 e. The van der Waals surface area contributed by atoms with Crippen molar-refractivity contribution < 1.29 is 0 Å². The third kappa shape index (κ3) is 3.14. The number of anilines is 1. The van der Waals surface area contributed by atoms with Crippen LogP contribution in [-0.4, -0.2) is 23.1 Å². The first-order valence-electron chi connectivity index (χ1n) is 6.62. The zero-order chi connectivity index (χ0) is 13.3. The molecule has 0 bridgehead atoms. The van der Waals surface area contributed by atoms with E-state index in [1.54, 1.807) is 0 Å². The number of nitrogens with zero attached hydrogens (tertiary/aromatic N) is 3. The molecule has 0 amide bonds. The standard InChI is InChI=1S/C14H22ClN3/c1-10-9-12(17-13(15)16-10)18-7-5-11(6-8-18)14(2,3)4/h9,11H,5-8H2,1-4H3. The first kappa shape index (κ1) is 13.6. The fourth-order valence-electron chi connectivity index (χ4n) is 2.65. The average molecular weight is 268 g/mol. The van der Waals surface area contributed by atoms with Crippen molar-refractivity contribution in [2.45, 2.75) is 40.5 Å². The van der Waals surface area contributed by atoms with Crippen molar-refractivity contribution in [1.29, 1.82) is 0 Å². The number of halogens is 1. The number of aromatic nitrogens is 2. The van der Waals surface area contributed by atoms with E-state index in [2.05, 4.69) is 35.6 Å². The van der Waals surface area contributed by atoms with E-state index in [1.165, 1.54) is 12.8 Å². The number of hydrogen-bond acceptors (Lipinski definition) is 3. The van der Waals surface area contributed by atoms with Crippen molar-refractivity contribution >= 4 is 17.4 Å². The Morgan fingerprint density at radius 2 is 1.83 bits per heavy atom. The van der Waals surface area contributed by atoms with Gasteiger partial charge < -0.3 is 4.90 Å². The van der Waals surface area contributed by atoms with Crippen LogP contribution in [-0.2, 0) is 0 Å². The Morgan fingerprint density at radius 1 is 1.22 bits per heavy atom. The monoisotopic (exact) mass is 267 g/mol. The van der Waals surface area contributed by atoms with E-state index < -0.39 is 0 Å². The van der Waals surface area contributed by atoms with Gasteiger partial charge in [0.2, 0.25) is 5.28 Å². The molecule has 0 N–H and O–H groups in total. The molecule has 1 aliphatic heterocycles. The lowest BCUT2D eigenvalue weighted by Crippen LogP contribution is -2.38. The van der Waals surface area contributed by atoms with Crippen LogP contribution in [0.25, 0.3) is 0 Å². The van der Waals surface area contributed by atoms with Gasteiger partial charge in [-0.05, 0) is 42.7 Å². The predicted molar refractivity (Wildman–Crippen MR) is 76.2 cm³/mol. The maximum atomic E-state index is 5.92. The fraction of sp³-hybridized carbons (Fsp3) is 0.714. The zero-order valence-electron chi connectivity index (χ0n) is 11.7. The number of hydrogen-bond donors (Lipinski definition) is 0. The molecule has 1 aromatic rings. The van der Waals surface area contributed by atoms with Crippen molar-refractivity contribution in [2.75, 3.05) is 18.0 Å². The van der Waals surface area contributed by atoms with Gasteiger partial charge >= 0.3 is 0 Å². The van der Waals surface area contributed by atoms with Gasteiger partial charge in [0.25, 0.3) is 0 Å². The molecule has 1 fully saturated rings. The van der Waals surface area contributed by atoms with E-state index in [4.69, 9.17) is 11.6 Å². The molecule has 1 aromatic heterocycles. The van der Waals surface area contributed by atoms with Gasteiger partial charge in [-0.2, -0.15) is 0 Å². The molecule has 4 heteroatoms. The number of piperidine rings is 1. The quantitative estimate of drug-likeness (QED) is 0.727. The molecule has 100 valence electrons. The topological polar surface area (TPSA) is 29.0 Å². The first-order valence-corrected chi connectivity index (χ1v) is 7.00. The van der Waals surface area contributed by atoms with Gasteiger partial charge in [0.1, 0.15) is 5.82 Å². The molecule has 0 aromatic carbocycles. The molecule has 1 saturated heterocycles. The predicted octanol–water partition coefficient (Wildman–Crippen LogP) is 3.70. The maximum absolute atomic E-state index is 5.92. The van der Waals surface area contributed by atoms with E-state index in [0.717, 1.165) is 30.5 Å². The highest BCUT2D eigenvalue weighted by molar-refractivity contribution is 6.28. The summed E-state index contributed by atoms with van der Waals surface area (Å²) >= 11 is 5.92. The first-order chi connectivity index (χ1) is 8.36. The molecule has 0 spiro atoms. The summed E-state index contributed by atoms with van der Waals surface area (Å²) < 4.78 is 0. The summed E-state index contributed by atoms with van der Waals surface area (Å²) in [7, 11) is 0. The SMILES string of the molecule is Cc1cc(N2CCC(C(C)(C)C)CC2)nc(Cl)n1. The van der Waals surface area contributed by atoms with Crippen molar-refractivity contribution in [3.05, 3.63) is 17.0 Å². The molecule has 2 rings (SSSR count). The van der Waals surface area contributed by atoms with Gasteiger partial charge in [-0.1, -0.05) is 20.8 Å². The van der Waals surface area contributed by atoms with Gasteiger partial charge in [-0.3, -0.25) is 0 Å². The minimum absolute atomic E-state index is 0.350. The Bertz CT molecular complexity index is 397. The molecule has 0 radical (unpaired) electrons. The van der Waals surface area contributed by atoms with Crippen LogP contribution < -0.4 is 4.90 Å². The summed E-state index contributed by atoms with van der Waals surface area (Å²) in [5.41, 5.74) is 1.34. The van der Waals surface area contributed by atoms with E-state index in [9.17, 15) is 0 Å². The molecule has 0 aliphatic carbocycles. The highest BCUT2D eigenvalue weighted by atomic mass is 35.5. The summed E-state index contributed by atoms with van der Waals surface area (Å²) in [6, 6.07) is 2.02. The average Bonchev–Trinajstić information content (AvgIpc) is 2.27. The van der Waals surface area contributed by atoms with E-state index in [-0.39, 0.29) is 0 Å². The Balaban J connectivity index is 2.05. The molecular weight excluding hydrogens is 246 g/mol. The van der Waals surface area contributed by atoms with Gasteiger partial charge in [-0.25, -0.2) is 9.97 Å². The van der Waals surface area contributed by atoms with E-state index >= 15 is 0 Å². The Kier molecular flexibility index (Phi) is 3.81. The van der Waals surface area contributed by atoms with Crippen LogP contribution in [0.1, 0.15) is 39.3 Å². The third-order valence-corrected chi connectivity index (χ3v) is 4.03.